The van der Waals surface area contributed by atoms with E-state index in [-0.39, 0.29) is 0 Å². The Bertz CT molecular complexity index is 618. The number of morpholine rings is 2. The molecule has 2 aliphatic rings. The van der Waals surface area contributed by atoms with Gasteiger partial charge in [0.15, 0.2) is 0 Å². The van der Waals surface area contributed by atoms with Crippen LogP contribution in [0.3, 0.4) is 0 Å². The fourth-order valence-corrected chi connectivity index (χ4v) is 3.53. The van der Waals surface area contributed by atoms with E-state index in [1.807, 2.05) is 0 Å². The van der Waals surface area contributed by atoms with Crippen molar-refractivity contribution in [2.24, 2.45) is 0 Å². The SMILES string of the molecule is Cc1ccc(/C(=C/N2CCOCC2)C(=S)N2CCOCC2)c(C)c1. The minimum Gasteiger partial charge on any atom is -0.378 e. The number of ether oxygens (including phenoxy) is 2. The predicted molar refractivity (Wildman–Crippen MR) is 101 cm³/mol. The molecule has 0 spiro atoms. The molecule has 2 saturated heterocycles. The second-order valence-corrected chi connectivity index (χ2v) is 6.80. The molecule has 3 rings (SSSR count). The van der Waals surface area contributed by atoms with Crippen LogP contribution in [0.4, 0.5) is 0 Å². The van der Waals surface area contributed by atoms with Crippen LogP contribution in [-0.2, 0) is 9.47 Å². The molecule has 0 radical (unpaired) electrons. The molecule has 2 fully saturated rings. The summed E-state index contributed by atoms with van der Waals surface area (Å²) in [5.41, 5.74) is 4.92. The fourth-order valence-electron chi connectivity index (χ4n) is 3.18. The van der Waals surface area contributed by atoms with Crippen LogP contribution in [0.5, 0.6) is 0 Å². The van der Waals surface area contributed by atoms with Crippen molar-refractivity contribution in [1.82, 2.24) is 9.80 Å². The Kier molecular flexibility index (Phi) is 5.87. The average molecular weight is 346 g/mol. The van der Waals surface area contributed by atoms with Crippen LogP contribution in [0.25, 0.3) is 5.57 Å². The van der Waals surface area contributed by atoms with Crippen molar-refractivity contribution >= 4 is 22.8 Å². The molecule has 0 unspecified atom stereocenters. The first-order valence-corrected chi connectivity index (χ1v) is 9.04. The summed E-state index contributed by atoms with van der Waals surface area (Å²) in [4.78, 5) is 5.52. The molecule has 2 heterocycles. The van der Waals surface area contributed by atoms with Crippen LogP contribution in [0.1, 0.15) is 16.7 Å². The summed E-state index contributed by atoms with van der Waals surface area (Å²) in [6.07, 6.45) is 2.23. The van der Waals surface area contributed by atoms with E-state index in [1.54, 1.807) is 0 Å². The van der Waals surface area contributed by atoms with Gasteiger partial charge in [0.25, 0.3) is 0 Å². The highest BCUT2D eigenvalue weighted by atomic mass is 32.1. The minimum atomic E-state index is 0.748. The van der Waals surface area contributed by atoms with E-state index in [1.165, 1.54) is 16.7 Å². The molecule has 0 N–H and O–H groups in total. The zero-order valence-electron chi connectivity index (χ0n) is 14.6. The third-order valence-electron chi connectivity index (χ3n) is 4.56. The molecular weight excluding hydrogens is 320 g/mol. The number of benzene rings is 1. The third kappa shape index (κ3) is 4.15. The molecule has 1 aromatic carbocycles. The van der Waals surface area contributed by atoms with Gasteiger partial charge < -0.3 is 19.3 Å². The van der Waals surface area contributed by atoms with Gasteiger partial charge in [0, 0.05) is 38.0 Å². The van der Waals surface area contributed by atoms with Gasteiger partial charge in [0.2, 0.25) is 0 Å². The van der Waals surface area contributed by atoms with Gasteiger partial charge in [0.1, 0.15) is 4.99 Å². The molecule has 0 saturated carbocycles. The van der Waals surface area contributed by atoms with Crippen LogP contribution in [0.15, 0.2) is 24.4 Å². The quantitative estimate of drug-likeness (QED) is 0.619. The van der Waals surface area contributed by atoms with Gasteiger partial charge in [-0.15, -0.1) is 0 Å². The van der Waals surface area contributed by atoms with Crippen molar-refractivity contribution in [3.63, 3.8) is 0 Å². The van der Waals surface area contributed by atoms with Crippen LogP contribution in [0.2, 0.25) is 0 Å². The third-order valence-corrected chi connectivity index (χ3v) is 5.04. The average Bonchev–Trinajstić information content (AvgIpc) is 2.61. The lowest BCUT2D eigenvalue weighted by Gasteiger charge is -2.32. The summed E-state index contributed by atoms with van der Waals surface area (Å²) in [6.45, 7) is 10.9. The van der Waals surface area contributed by atoms with E-state index < -0.39 is 0 Å². The molecule has 5 heteroatoms. The first-order valence-electron chi connectivity index (χ1n) is 8.63. The van der Waals surface area contributed by atoms with E-state index in [4.69, 9.17) is 21.7 Å². The maximum atomic E-state index is 5.88. The summed E-state index contributed by atoms with van der Waals surface area (Å²) in [5, 5.41) is 0. The lowest BCUT2D eigenvalue weighted by molar-refractivity contribution is 0.0595. The molecule has 4 nitrogen and oxygen atoms in total. The second-order valence-electron chi connectivity index (χ2n) is 6.41. The normalized spacial score (nSPS) is 19.5. The summed E-state index contributed by atoms with van der Waals surface area (Å²) < 4.78 is 10.9. The fraction of sp³-hybridized carbons (Fsp3) is 0.526. The second kappa shape index (κ2) is 8.10. The van der Waals surface area contributed by atoms with Crippen LogP contribution in [-0.4, -0.2) is 67.4 Å². The topological polar surface area (TPSA) is 24.9 Å². The van der Waals surface area contributed by atoms with Gasteiger partial charge in [-0.2, -0.15) is 0 Å². The van der Waals surface area contributed by atoms with Crippen LogP contribution in [0, 0.1) is 13.8 Å². The zero-order valence-corrected chi connectivity index (χ0v) is 15.4. The van der Waals surface area contributed by atoms with Crippen molar-refractivity contribution in [3.05, 3.63) is 41.1 Å². The molecule has 24 heavy (non-hydrogen) atoms. The summed E-state index contributed by atoms with van der Waals surface area (Å²) in [6, 6.07) is 6.59. The Morgan fingerprint density at radius 2 is 1.62 bits per heavy atom. The van der Waals surface area contributed by atoms with E-state index in [9.17, 15) is 0 Å². The molecule has 1 aromatic rings. The van der Waals surface area contributed by atoms with Crippen LogP contribution < -0.4 is 0 Å². The Morgan fingerprint density at radius 1 is 1.00 bits per heavy atom. The molecule has 0 aromatic heterocycles. The van der Waals surface area contributed by atoms with Crippen molar-refractivity contribution in [2.75, 3.05) is 52.6 Å². The summed E-state index contributed by atoms with van der Waals surface area (Å²) >= 11 is 5.88. The molecule has 130 valence electrons. The Hall–Kier alpha value is -1.43. The number of thiocarbonyl (C=S) groups is 1. The number of rotatable bonds is 3. The van der Waals surface area contributed by atoms with E-state index >= 15 is 0 Å². The highest BCUT2D eigenvalue weighted by molar-refractivity contribution is 7.81. The van der Waals surface area contributed by atoms with Gasteiger partial charge >= 0.3 is 0 Å². The van der Waals surface area contributed by atoms with E-state index in [0.29, 0.717) is 0 Å². The Labute approximate surface area is 150 Å². The van der Waals surface area contributed by atoms with Crippen LogP contribution >= 0.6 is 12.2 Å². The number of nitrogens with zero attached hydrogens (tertiary/aromatic N) is 2. The lowest BCUT2D eigenvalue weighted by atomic mass is 9.98. The monoisotopic (exact) mass is 346 g/mol. The van der Waals surface area contributed by atoms with Gasteiger partial charge in [-0.3, -0.25) is 0 Å². The summed E-state index contributed by atoms with van der Waals surface area (Å²) in [5.74, 6) is 0. The highest BCUT2D eigenvalue weighted by Crippen LogP contribution is 2.25. The minimum absolute atomic E-state index is 0.748. The predicted octanol–water partition coefficient (Wildman–Crippen LogP) is 2.64. The number of hydrogen-bond acceptors (Lipinski definition) is 4. The molecule has 0 aliphatic carbocycles. The molecule has 2 aliphatic heterocycles. The molecule has 0 amide bonds. The van der Waals surface area contributed by atoms with Gasteiger partial charge in [0.05, 0.1) is 26.4 Å². The first kappa shape index (κ1) is 17.4. The molecular formula is C19H26N2O2S. The standard InChI is InChI=1S/C19H26N2O2S/c1-15-3-4-17(16(2)13-15)18(14-20-5-9-22-10-6-20)19(24)21-7-11-23-12-8-21/h3-4,13-14H,5-12H2,1-2H3/b18-14-. The van der Waals surface area contributed by atoms with Gasteiger partial charge in [-0.05, 0) is 25.0 Å². The number of aryl methyl sites for hydroxylation is 2. The van der Waals surface area contributed by atoms with E-state index in [0.717, 1.165) is 63.2 Å². The van der Waals surface area contributed by atoms with E-state index in [2.05, 4.69) is 48.0 Å². The largest absolute Gasteiger partial charge is 0.378 e. The first-order chi connectivity index (χ1) is 11.6. The van der Waals surface area contributed by atoms with Crippen molar-refractivity contribution in [1.29, 1.82) is 0 Å². The zero-order chi connectivity index (χ0) is 16.9. The highest BCUT2D eigenvalue weighted by Gasteiger charge is 2.21. The van der Waals surface area contributed by atoms with Crippen molar-refractivity contribution < 1.29 is 9.47 Å². The lowest BCUT2D eigenvalue weighted by Crippen LogP contribution is -2.41. The van der Waals surface area contributed by atoms with Crippen molar-refractivity contribution in [3.8, 4) is 0 Å². The van der Waals surface area contributed by atoms with Gasteiger partial charge in [-0.25, -0.2) is 0 Å². The molecule has 0 bridgehead atoms. The number of hydrogen-bond donors (Lipinski definition) is 0. The Balaban J connectivity index is 1.93. The molecule has 0 atom stereocenters. The Morgan fingerprint density at radius 3 is 2.25 bits per heavy atom. The summed E-state index contributed by atoms with van der Waals surface area (Å²) in [7, 11) is 0. The maximum Gasteiger partial charge on any atom is 0.111 e. The smallest absolute Gasteiger partial charge is 0.111 e. The van der Waals surface area contributed by atoms with Gasteiger partial charge in [-0.1, -0.05) is 36.0 Å². The van der Waals surface area contributed by atoms with Crippen molar-refractivity contribution in [2.45, 2.75) is 13.8 Å². The maximum absolute atomic E-state index is 5.88.